The number of halogens is 1. The van der Waals surface area contributed by atoms with Crippen LogP contribution >= 0.6 is 22.9 Å². The van der Waals surface area contributed by atoms with Gasteiger partial charge in [0.1, 0.15) is 12.4 Å². The predicted molar refractivity (Wildman–Crippen MR) is 111 cm³/mol. The number of rotatable bonds is 7. The smallest absolute Gasteiger partial charge is 0.192 e. The number of hydrogen-bond acceptors (Lipinski definition) is 4. The van der Waals surface area contributed by atoms with E-state index in [1.165, 1.54) is 4.88 Å². The summed E-state index contributed by atoms with van der Waals surface area (Å²) in [5.74, 6) is 2.45. The van der Waals surface area contributed by atoms with E-state index in [0.29, 0.717) is 6.54 Å². The zero-order chi connectivity index (χ0) is 19.1. The van der Waals surface area contributed by atoms with Gasteiger partial charge in [0.2, 0.25) is 0 Å². The van der Waals surface area contributed by atoms with Crippen molar-refractivity contribution >= 4 is 28.9 Å². The van der Waals surface area contributed by atoms with Crippen molar-refractivity contribution in [2.24, 2.45) is 12.0 Å². The lowest BCUT2D eigenvalue weighted by Gasteiger charge is -2.12. The van der Waals surface area contributed by atoms with E-state index in [9.17, 15) is 0 Å². The quantitative estimate of drug-likeness (QED) is 0.470. The Hall–Kier alpha value is -2.38. The topological polar surface area (TPSA) is 67.1 Å². The van der Waals surface area contributed by atoms with Crippen LogP contribution in [0.2, 0.25) is 5.02 Å². The highest BCUT2D eigenvalue weighted by Crippen LogP contribution is 2.14. The van der Waals surface area contributed by atoms with E-state index in [1.807, 2.05) is 48.9 Å². The fourth-order valence-electron chi connectivity index (χ4n) is 2.51. The summed E-state index contributed by atoms with van der Waals surface area (Å²) < 4.78 is 1.95. The molecule has 0 aliphatic heterocycles. The summed E-state index contributed by atoms with van der Waals surface area (Å²) >= 11 is 7.96. The van der Waals surface area contributed by atoms with E-state index in [1.54, 1.807) is 11.3 Å². The standard InChI is InChI=1S/C19H23ClN6S/c1-14-24-25-18(26(14)2)13-23-19(22-12-16-7-5-11-27-16)21-10-9-15-6-3-4-8-17(15)20/h3-8,11H,9-10,12-13H2,1-2H3,(H2,21,22,23). The van der Waals surface area contributed by atoms with Gasteiger partial charge in [-0.05, 0) is 36.4 Å². The molecule has 6 nitrogen and oxygen atoms in total. The van der Waals surface area contributed by atoms with Crippen molar-refractivity contribution in [2.45, 2.75) is 26.4 Å². The first-order valence-corrected chi connectivity index (χ1v) is 10.0. The number of thiophene rings is 1. The zero-order valence-corrected chi connectivity index (χ0v) is 17.0. The lowest BCUT2D eigenvalue weighted by Crippen LogP contribution is -2.38. The predicted octanol–water partition coefficient (Wildman–Crippen LogP) is 3.32. The van der Waals surface area contributed by atoms with Gasteiger partial charge in [-0.15, -0.1) is 21.5 Å². The SMILES string of the molecule is Cc1nnc(CN=C(NCCc2ccccc2Cl)NCc2cccs2)n1C. The van der Waals surface area contributed by atoms with Crippen LogP contribution in [0.1, 0.15) is 22.1 Å². The second-order valence-corrected chi connectivity index (χ2v) is 7.53. The molecule has 3 aromatic rings. The second kappa shape index (κ2) is 9.53. The summed E-state index contributed by atoms with van der Waals surface area (Å²) in [5.41, 5.74) is 1.12. The van der Waals surface area contributed by atoms with Crippen LogP contribution in [-0.2, 0) is 26.6 Å². The fourth-order valence-corrected chi connectivity index (χ4v) is 3.39. The molecular formula is C19H23ClN6S. The van der Waals surface area contributed by atoms with Gasteiger partial charge >= 0.3 is 0 Å². The average molecular weight is 403 g/mol. The molecule has 8 heteroatoms. The largest absolute Gasteiger partial charge is 0.356 e. The molecule has 1 aromatic carbocycles. The van der Waals surface area contributed by atoms with Gasteiger partial charge in [0.25, 0.3) is 0 Å². The summed E-state index contributed by atoms with van der Waals surface area (Å²) in [6, 6.07) is 12.1. The Morgan fingerprint density at radius 2 is 2.04 bits per heavy atom. The molecule has 0 fully saturated rings. The van der Waals surface area contributed by atoms with E-state index in [-0.39, 0.29) is 0 Å². The van der Waals surface area contributed by atoms with Gasteiger partial charge in [-0.1, -0.05) is 35.9 Å². The molecule has 2 N–H and O–H groups in total. The minimum Gasteiger partial charge on any atom is -0.356 e. The lowest BCUT2D eigenvalue weighted by atomic mass is 10.1. The van der Waals surface area contributed by atoms with Crippen molar-refractivity contribution in [1.29, 1.82) is 0 Å². The summed E-state index contributed by atoms with van der Waals surface area (Å²) in [4.78, 5) is 5.92. The average Bonchev–Trinajstić information content (AvgIpc) is 3.30. The minimum absolute atomic E-state index is 0.462. The highest BCUT2D eigenvalue weighted by Gasteiger charge is 2.06. The maximum absolute atomic E-state index is 6.24. The third-order valence-electron chi connectivity index (χ3n) is 4.22. The molecule has 0 aliphatic rings. The van der Waals surface area contributed by atoms with Crippen LogP contribution in [0.3, 0.4) is 0 Å². The molecule has 0 amide bonds. The van der Waals surface area contributed by atoms with E-state index in [2.05, 4.69) is 37.3 Å². The maximum atomic E-state index is 6.24. The molecule has 0 spiro atoms. The molecular weight excluding hydrogens is 380 g/mol. The number of benzene rings is 1. The number of guanidine groups is 1. The Balaban J connectivity index is 1.62. The van der Waals surface area contributed by atoms with Crippen LogP contribution in [0.5, 0.6) is 0 Å². The molecule has 0 saturated carbocycles. The molecule has 0 bridgehead atoms. The van der Waals surface area contributed by atoms with E-state index in [0.717, 1.165) is 47.7 Å². The third-order valence-corrected chi connectivity index (χ3v) is 5.46. The van der Waals surface area contributed by atoms with Gasteiger partial charge in [0.05, 0.1) is 6.54 Å². The second-order valence-electron chi connectivity index (χ2n) is 6.09. The Kier molecular flexibility index (Phi) is 6.84. The molecule has 0 saturated heterocycles. The van der Waals surface area contributed by atoms with Crippen molar-refractivity contribution in [3.05, 3.63) is 68.9 Å². The molecule has 2 aromatic heterocycles. The highest BCUT2D eigenvalue weighted by molar-refractivity contribution is 7.09. The number of hydrogen-bond donors (Lipinski definition) is 2. The van der Waals surface area contributed by atoms with E-state index in [4.69, 9.17) is 11.6 Å². The number of aliphatic imine (C=N–C) groups is 1. The van der Waals surface area contributed by atoms with Crippen molar-refractivity contribution in [3.63, 3.8) is 0 Å². The molecule has 0 aliphatic carbocycles. The number of aryl methyl sites for hydroxylation is 1. The van der Waals surface area contributed by atoms with Gasteiger partial charge in [-0.2, -0.15) is 0 Å². The van der Waals surface area contributed by atoms with Crippen LogP contribution < -0.4 is 10.6 Å². The van der Waals surface area contributed by atoms with Gasteiger partial charge in [0.15, 0.2) is 11.8 Å². The van der Waals surface area contributed by atoms with Crippen LogP contribution in [0, 0.1) is 6.92 Å². The molecule has 0 atom stereocenters. The molecule has 3 rings (SSSR count). The van der Waals surface area contributed by atoms with E-state index >= 15 is 0 Å². The number of aromatic nitrogens is 3. The monoisotopic (exact) mass is 402 g/mol. The van der Waals surface area contributed by atoms with E-state index < -0.39 is 0 Å². The zero-order valence-electron chi connectivity index (χ0n) is 15.4. The number of nitrogens with zero attached hydrogens (tertiary/aromatic N) is 4. The van der Waals surface area contributed by atoms with Gasteiger partial charge in [-0.25, -0.2) is 4.99 Å². The van der Waals surface area contributed by atoms with Gasteiger partial charge < -0.3 is 15.2 Å². The van der Waals surface area contributed by atoms with Crippen molar-refractivity contribution < 1.29 is 0 Å². The Labute approximate surface area is 168 Å². The van der Waals surface area contributed by atoms with Crippen LogP contribution in [0.4, 0.5) is 0 Å². The molecule has 0 unspecified atom stereocenters. The summed E-state index contributed by atoms with van der Waals surface area (Å²) in [5, 5.41) is 17.9. The molecule has 27 heavy (non-hydrogen) atoms. The van der Waals surface area contributed by atoms with Crippen LogP contribution in [0.15, 0.2) is 46.8 Å². The highest BCUT2D eigenvalue weighted by atomic mass is 35.5. The summed E-state index contributed by atoms with van der Waals surface area (Å²) in [7, 11) is 1.95. The first-order valence-electron chi connectivity index (χ1n) is 8.76. The summed E-state index contributed by atoms with van der Waals surface area (Å²) in [6.45, 7) is 3.85. The maximum Gasteiger partial charge on any atom is 0.192 e. The minimum atomic E-state index is 0.462. The molecule has 0 radical (unpaired) electrons. The van der Waals surface area contributed by atoms with Crippen LogP contribution in [-0.4, -0.2) is 27.3 Å². The molecule has 142 valence electrons. The third kappa shape index (κ3) is 5.55. The first kappa shape index (κ1) is 19.4. The Morgan fingerprint density at radius 3 is 2.74 bits per heavy atom. The van der Waals surface area contributed by atoms with Gasteiger partial charge in [-0.3, -0.25) is 0 Å². The Bertz CT molecular complexity index is 888. The van der Waals surface area contributed by atoms with Crippen LogP contribution in [0.25, 0.3) is 0 Å². The van der Waals surface area contributed by atoms with Gasteiger partial charge in [0, 0.05) is 23.5 Å². The van der Waals surface area contributed by atoms with Crippen molar-refractivity contribution in [2.75, 3.05) is 6.54 Å². The van der Waals surface area contributed by atoms with Crippen molar-refractivity contribution in [1.82, 2.24) is 25.4 Å². The summed E-state index contributed by atoms with van der Waals surface area (Å²) in [6.07, 6.45) is 0.822. The Morgan fingerprint density at radius 1 is 1.19 bits per heavy atom. The first-order chi connectivity index (χ1) is 13.1. The number of nitrogens with one attached hydrogen (secondary N) is 2. The van der Waals surface area contributed by atoms with Crippen molar-refractivity contribution in [3.8, 4) is 0 Å². The normalized spacial score (nSPS) is 11.6. The molecule has 2 heterocycles. The lowest BCUT2D eigenvalue weighted by molar-refractivity contribution is 0.750. The fraction of sp³-hybridized carbons (Fsp3) is 0.316.